The molecule has 0 aliphatic heterocycles. The lowest BCUT2D eigenvalue weighted by molar-refractivity contribution is 0.116. The highest BCUT2D eigenvalue weighted by molar-refractivity contribution is 5.85. The summed E-state index contributed by atoms with van der Waals surface area (Å²) < 4.78 is 35.1. The molecule has 0 saturated carbocycles. The molecule has 0 amide bonds. The van der Waals surface area contributed by atoms with Crippen molar-refractivity contribution in [2.75, 3.05) is 13.7 Å². The number of halogens is 3. The summed E-state index contributed by atoms with van der Waals surface area (Å²) in [5, 5.41) is 0. The van der Waals surface area contributed by atoms with Crippen molar-refractivity contribution in [1.29, 1.82) is 0 Å². The predicted octanol–water partition coefficient (Wildman–Crippen LogP) is 2.78. The minimum Gasteiger partial charge on any atom is -0.493 e. The maximum Gasteiger partial charge on any atom is 0.257 e. The van der Waals surface area contributed by atoms with Crippen LogP contribution in [-0.2, 0) is 0 Å². The van der Waals surface area contributed by atoms with Gasteiger partial charge in [-0.15, -0.1) is 12.4 Å². The molecular formula is C11H16ClF2NO2. The molecule has 0 heterocycles. The first-order chi connectivity index (χ1) is 7.60. The van der Waals surface area contributed by atoms with Crippen LogP contribution < -0.4 is 15.2 Å². The van der Waals surface area contributed by atoms with Gasteiger partial charge < -0.3 is 15.2 Å². The molecule has 0 aliphatic carbocycles. The molecule has 0 bridgehead atoms. The Kier molecular flexibility index (Phi) is 6.83. The van der Waals surface area contributed by atoms with Crippen LogP contribution in [0.5, 0.6) is 11.5 Å². The molecule has 0 unspecified atom stereocenters. The first kappa shape index (κ1) is 15.9. The topological polar surface area (TPSA) is 44.5 Å². The SMILES string of the molecule is CCOc1ccc([C@@H](N)C(F)F)cc1OC.Cl. The number of ether oxygens (including phenoxy) is 2. The summed E-state index contributed by atoms with van der Waals surface area (Å²) in [6, 6.07) is 3.27. The van der Waals surface area contributed by atoms with E-state index in [9.17, 15) is 8.78 Å². The van der Waals surface area contributed by atoms with Gasteiger partial charge in [0.05, 0.1) is 19.8 Å². The molecule has 0 radical (unpaired) electrons. The van der Waals surface area contributed by atoms with Gasteiger partial charge in [0.15, 0.2) is 11.5 Å². The fourth-order valence-electron chi connectivity index (χ4n) is 1.31. The summed E-state index contributed by atoms with van der Waals surface area (Å²) in [5.74, 6) is 0.936. The van der Waals surface area contributed by atoms with Gasteiger partial charge in [-0.05, 0) is 24.6 Å². The third-order valence-corrected chi connectivity index (χ3v) is 2.14. The third-order valence-electron chi connectivity index (χ3n) is 2.14. The fourth-order valence-corrected chi connectivity index (χ4v) is 1.31. The van der Waals surface area contributed by atoms with Crippen LogP contribution in [0, 0.1) is 0 Å². The molecule has 0 fully saturated rings. The van der Waals surface area contributed by atoms with Crippen LogP contribution in [-0.4, -0.2) is 20.1 Å². The molecule has 1 atom stereocenters. The number of hydrogen-bond acceptors (Lipinski definition) is 3. The number of rotatable bonds is 5. The summed E-state index contributed by atoms with van der Waals surface area (Å²) >= 11 is 0. The van der Waals surface area contributed by atoms with E-state index < -0.39 is 12.5 Å². The number of hydrogen-bond donors (Lipinski definition) is 1. The van der Waals surface area contributed by atoms with Gasteiger partial charge in [0.1, 0.15) is 0 Å². The summed E-state index contributed by atoms with van der Waals surface area (Å²) in [4.78, 5) is 0. The van der Waals surface area contributed by atoms with Crippen LogP contribution in [0.1, 0.15) is 18.5 Å². The van der Waals surface area contributed by atoms with E-state index in [-0.39, 0.29) is 12.4 Å². The second kappa shape index (κ2) is 7.29. The van der Waals surface area contributed by atoms with Crippen molar-refractivity contribution >= 4 is 12.4 Å². The Labute approximate surface area is 105 Å². The molecule has 1 rings (SSSR count). The Balaban J connectivity index is 0.00000256. The summed E-state index contributed by atoms with van der Waals surface area (Å²) in [6.07, 6.45) is -2.59. The van der Waals surface area contributed by atoms with E-state index in [1.807, 2.05) is 6.92 Å². The van der Waals surface area contributed by atoms with E-state index in [0.29, 0.717) is 23.7 Å². The lowest BCUT2D eigenvalue weighted by Crippen LogP contribution is -2.18. The van der Waals surface area contributed by atoms with E-state index in [1.165, 1.54) is 19.2 Å². The van der Waals surface area contributed by atoms with Crippen molar-refractivity contribution in [3.63, 3.8) is 0 Å². The molecule has 6 heteroatoms. The second-order valence-electron chi connectivity index (χ2n) is 3.20. The summed E-state index contributed by atoms with van der Waals surface area (Å²) in [5.41, 5.74) is 5.67. The van der Waals surface area contributed by atoms with Crippen LogP contribution in [0.15, 0.2) is 18.2 Å². The van der Waals surface area contributed by atoms with E-state index in [1.54, 1.807) is 6.07 Å². The molecule has 3 nitrogen and oxygen atoms in total. The van der Waals surface area contributed by atoms with Crippen molar-refractivity contribution in [1.82, 2.24) is 0 Å². The van der Waals surface area contributed by atoms with Gasteiger partial charge in [0, 0.05) is 0 Å². The molecule has 0 aromatic heterocycles. The smallest absolute Gasteiger partial charge is 0.257 e. The molecule has 17 heavy (non-hydrogen) atoms. The van der Waals surface area contributed by atoms with Crippen molar-refractivity contribution in [3.05, 3.63) is 23.8 Å². The first-order valence-electron chi connectivity index (χ1n) is 4.94. The first-order valence-corrected chi connectivity index (χ1v) is 4.94. The fraction of sp³-hybridized carbons (Fsp3) is 0.455. The zero-order valence-electron chi connectivity index (χ0n) is 9.65. The maximum absolute atomic E-state index is 12.4. The van der Waals surface area contributed by atoms with Crippen molar-refractivity contribution in [2.24, 2.45) is 5.73 Å². The van der Waals surface area contributed by atoms with E-state index in [2.05, 4.69) is 0 Å². The number of methoxy groups -OCH3 is 1. The highest BCUT2D eigenvalue weighted by atomic mass is 35.5. The Hall–Kier alpha value is -1.07. The largest absolute Gasteiger partial charge is 0.493 e. The van der Waals surface area contributed by atoms with Gasteiger partial charge in [0.25, 0.3) is 6.43 Å². The molecule has 0 spiro atoms. The Morgan fingerprint density at radius 3 is 2.41 bits per heavy atom. The predicted molar refractivity (Wildman–Crippen MR) is 64.3 cm³/mol. The molecule has 1 aromatic rings. The van der Waals surface area contributed by atoms with Gasteiger partial charge in [-0.25, -0.2) is 8.78 Å². The quantitative estimate of drug-likeness (QED) is 0.892. The molecule has 0 saturated heterocycles. The van der Waals surface area contributed by atoms with Gasteiger partial charge in [-0.3, -0.25) is 0 Å². The molecule has 0 aliphatic rings. The van der Waals surface area contributed by atoms with Crippen LogP contribution >= 0.6 is 12.4 Å². The van der Waals surface area contributed by atoms with Gasteiger partial charge in [-0.2, -0.15) is 0 Å². The molecule has 98 valence electrons. The Bertz CT molecular complexity index is 350. The van der Waals surface area contributed by atoms with Gasteiger partial charge in [0.2, 0.25) is 0 Å². The lowest BCUT2D eigenvalue weighted by atomic mass is 10.1. The third kappa shape index (κ3) is 4.02. The second-order valence-corrected chi connectivity index (χ2v) is 3.20. The van der Waals surface area contributed by atoms with Crippen LogP contribution in [0.2, 0.25) is 0 Å². The Morgan fingerprint density at radius 2 is 1.94 bits per heavy atom. The standard InChI is InChI=1S/C11H15F2NO2.ClH/c1-3-16-8-5-4-7(6-9(8)15-2)10(14)11(12)13;/h4-6,10-11H,3,14H2,1-2H3;1H/t10-;/m1./s1. The lowest BCUT2D eigenvalue weighted by Gasteiger charge is -2.14. The summed E-state index contributed by atoms with van der Waals surface area (Å²) in [7, 11) is 1.45. The summed E-state index contributed by atoms with van der Waals surface area (Å²) in [6.45, 7) is 2.31. The molecular weight excluding hydrogens is 252 g/mol. The van der Waals surface area contributed by atoms with Crippen molar-refractivity contribution < 1.29 is 18.3 Å². The van der Waals surface area contributed by atoms with Gasteiger partial charge >= 0.3 is 0 Å². The normalized spacial score (nSPS) is 11.9. The monoisotopic (exact) mass is 267 g/mol. The molecule has 1 aromatic carbocycles. The highest BCUT2D eigenvalue weighted by Gasteiger charge is 2.19. The van der Waals surface area contributed by atoms with E-state index >= 15 is 0 Å². The van der Waals surface area contributed by atoms with Crippen molar-refractivity contribution in [3.8, 4) is 11.5 Å². The average molecular weight is 268 g/mol. The minimum absolute atomic E-state index is 0. The maximum atomic E-state index is 12.4. The highest BCUT2D eigenvalue weighted by Crippen LogP contribution is 2.31. The van der Waals surface area contributed by atoms with Crippen LogP contribution in [0.3, 0.4) is 0 Å². The van der Waals surface area contributed by atoms with Crippen LogP contribution in [0.25, 0.3) is 0 Å². The number of benzene rings is 1. The number of alkyl halides is 2. The van der Waals surface area contributed by atoms with E-state index in [0.717, 1.165) is 0 Å². The zero-order valence-corrected chi connectivity index (χ0v) is 10.5. The van der Waals surface area contributed by atoms with Gasteiger partial charge in [-0.1, -0.05) is 6.07 Å². The molecule has 2 N–H and O–H groups in total. The minimum atomic E-state index is -2.59. The zero-order chi connectivity index (χ0) is 12.1. The van der Waals surface area contributed by atoms with E-state index in [4.69, 9.17) is 15.2 Å². The Morgan fingerprint density at radius 1 is 1.29 bits per heavy atom. The van der Waals surface area contributed by atoms with Crippen LogP contribution in [0.4, 0.5) is 8.78 Å². The van der Waals surface area contributed by atoms with Crippen molar-refractivity contribution in [2.45, 2.75) is 19.4 Å². The number of nitrogens with two attached hydrogens (primary N) is 1. The average Bonchev–Trinajstić information content (AvgIpc) is 2.29.